The molecule has 0 spiro atoms. The summed E-state index contributed by atoms with van der Waals surface area (Å²) in [6.45, 7) is 2.16. The summed E-state index contributed by atoms with van der Waals surface area (Å²) < 4.78 is 5.54. The van der Waals surface area contributed by atoms with Gasteiger partial charge in [0.25, 0.3) is 5.91 Å². The average Bonchev–Trinajstić information content (AvgIpc) is 2.88. The zero-order chi connectivity index (χ0) is 20.4. The number of amides is 1. The van der Waals surface area contributed by atoms with Crippen LogP contribution in [0, 0.1) is 5.92 Å². The molecule has 0 unspecified atom stereocenters. The summed E-state index contributed by atoms with van der Waals surface area (Å²) in [6.07, 6.45) is 4.80. The van der Waals surface area contributed by atoms with E-state index >= 15 is 0 Å². The lowest BCUT2D eigenvalue weighted by Gasteiger charge is -2.32. The van der Waals surface area contributed by atoms with E-state index in [1.165, 1.54) is 6.33 Å². The van der Waals surface area contributed by atoms with Crippen LogP contribution in [0.3, 0.4) is 0 Å². The number of carboxylic acids is 1. The van der Waals surface area contributed by atoms with Gasteiger partial charge in [0, 0.05) is 19.5 Å². The Bertz CT molecular complexity index is 911. The van der Waals surface area contributed by atoms with Crippen molar-refractivity contribution in [2.24, 2.45) is 5.92 Å². The predicted octanol–water partition coefficient (Wildman–Crippen LogP) is 1.18. The summed E-state index contributed by atoms with van der Waals surface area (Å²) in [6, 6.07) is 3.71. The number of piperidine rings is 1. The first-order valence-electron chi connectivity index (χ1n) is 9.51. The number of fused-ring (bicyclic) bond motifs is 1. The Morgan fingerprint density at radius 3 is 2.69 bits per heavy atom. The molecular weight excluding hydrogens is 376 g/mol. The van der Waals surface area contributed by atoms with Crippen molar-refractivity contribution in [3.63, 3.8) is 0 Å². The zero-order valence-corrected chi connectivity index (χ0v) is 15.8. The fourth-order valence-corrected chi connectivity index (χ4v) is 3.75. The first kappa shape index (κ1) is 18.9. The number of carbonyl (C=O) groups is 2. The molecule has 2 aromatic heterocycles. The largest absolute Gasteiger partial charge is 0.481 e. The van der Waals surface area contributed by atoms with Crippen LogP contribution >= 0.6 is 0 Å². The molecule has 1 fully saturated rings. The van der Waals surface area contributed by atoms with Gasteiger partial charge in [-0.05, 0) is 30.9 Å². The number of carbonyl (C=O) groups excluding carboxylic acids is 1. The SMILES string of the molecule is Nc1ncnc2c1C(=O)N(c1ccc(N3CCC(CC(=O)O)CC3)nc1)CCO2. The number of nitrogens with two attached hydrogens (primary N) is 1. The van der Waals surface area contributed by atoms with Crippen LogP contribution in [-0.4, -0.2) is 58.2 Å². The van der Waals surface area contributed by atoms with Crippen LogP contribution in [0.15, 0.2) is 24.7 Å². The van der Waals surface area contributed by atoms with E-state index in [0.717, 1.165) is 31.7 Å². The lowest BCUT2D eigenvalue weighted by atomic mass is 9.94. The summed E-state index contributed by atoms with van der Waals surface area (Å²) in [5, 5.41) is 8.94. The number of pyridine rings is 1. The van der Waals surface area contributed by atoms with E-state index in [9.17, 15) is 9.59 Å². The number of carboxylic acid groups (broad SMARTS) is 1. The minimum atomic E-state index is -0.746. The normalized spacial score (nSPS) is 17.4. The Morgan fingerprint density at radius 2 is 2.00 bits per heavy atom. The first-order valence-corrected chi connectivity index (χ1v) is 9.51. The Hall–Kier alpha value is -3.43. The van der Waals surface area contributed by atoms with Crippen molar-refractivity contribution in [2.75, 3.05) is 41.8 Å². The highest BCUT2D eigenvalue weighted by Gasteiger charge is 2.29. The summed E-state index contributed by atoms with van der Waals surface area (Å²) in [7, 11) is 0. The molecule has 10 nitrogen and oxygen atoms in total. The number of anilines is 3. The smallest absolute Gasteiger partial charge is 0.303 e. The van der Waals surface area contributed by atoms with Crippen LogP contribution < -0.4 is 20.3 Å². The number of aliphatic carboxylic acids is 1. The van der Waals surface area contributed by atoms with Crippen LogP contribution in [0.1, 0.15) is 29.6 Å². The molecular formula is C19H22N6O4. The standard InChI is InChI=1S/C19H22N6O4/c20-17-16-18(23-11-22-17)29-8-7-25(19(16)28)13-1-2-14(21-10-13)24-5-3-12(4-6-24)9-15(26)27/h1-2,10-12H,3-9H2,(H,26,27)(H2,20,22,23). The van der Waals surface area contributed by atoms with Crippen LogP contribution in [0.2, 0.25) is 0 Å². The van der Waals surface area contributed by atoms with Crippen molar-refractivity contribution in [3.05, 3.63) is 30.2 Å². The predicted molar refractivity (Wildman–Crippen MR) is 105 cm³/mol. The molecule has 3 N–H and O–H groups in total. The third-order valence-corrected chi connectivity index (χ3v) is 5.30. The van der Waals surface area contributed by atoms with Gasteiger partial charge in [-0.15, -0.1) is 0 Å². The number of ether oxygens (including phenoxy) is 1. The van der Waals surface area contributed by atoms with Crippen molar-refractivity contribution in [3.8, 4) is 5.88 Å². The summed E-state index contributed by atoms with van der Waals surface area (Å²) in [5.41, 5.74) is 6.67. The topological polar surface area (TPSA) is 135 Å². The lowest BCUT2D eigenvalue weighted by Crippen LogP contribution is -2.35. The molecule has 0 aromatic carbocycles. The third kappa shape index (κ3) is 3.91. The summed E-state index contributed by atoms with van der Waals surface area (Å²) >= 11 is 0. The number of aromatic nitrogens is 3. The molecule has 10 heteroatoms. The Morgan fingerprint density at radius 1 is 1.21 bits per heavy atom. The minimum absolute atomic E-state index is 0.0840. The Balaban J connectivity index is 1.48. The van der Waals surface area contributed by atoms with Crippen LogP contribution in [0.5, 0.6) is 5.88 Å². The van der Waals surface area contributed by atoms with Crippen molar-refractivity contribution in [1.29, 1.82) is 0 Å². The highest BCUT2D eigenvalue weighted by Crippen LogP contribution is 2.29. The van der Waals surface area contributed by atoms with Gasteiger partial charge in [0.2, 0.25) is 5.88 Å². The van der Waals surface area contributed by atoms with E-state index in [2.05, 4.69) is 19.9 Å². The molecule has 0 bridgehead atoms. The van der Waals surface area contributed by atoms with Gasteiger partial charge in [-0.1, -0.05) is 0 Å². The van der Waals surface area contributed by atoms with Crippen LogP contribution in [0.25, 0.3) is 0 Å². The van der Waals surface area contributed by atoms with Gasteiger partial charge in [0.05, 0.1) is 18.4 Å². The van der Waals surface area contributed by atoms with Gasteiger partial charge in [0.1, 0.15) is 30.1 Å². The van der Waals surface area contributed by atoms with E-state index < -0.39 is 5.97 Å². The molecule has 0 aliphatic carbocycles. The molecule has 152 valence electrons. The number of hydrogen-bond acceptors (Lipinski definition) is 8. The number of rotatable bonds is 4. The lowest BCUT2D eigenvalue weighted by molar-refractivity contribution is -0.138. The zero-order valence-electron chi connectivity index (χ0n) is 15.8. The van der Waals surface area contributed by atoms with Gasteiger partial charge in [0.15, 0.2) is 0 Å². The highest BCUT2D eigenvalue weighted by atomic mass is 16.5. The second kappa shape index (κ2) is 7.90. The second-order valence-corrected chi connectivity index (χ2v) is 7.15. The Kier molecular flexibility index (Phi) is 5.15. The molecule has 29 heavy (non-hydrogen) atoms. The highest BCUT2D eigenvalue weighted by molar-refractivity contribution is 6.10. The van der Waals surface area contributed by atoms with Gasteiger partial charge in [-0.25, -0.2) is 15.0 Å². The summed E-state index contributed by atoms with van der Waals surface area (Å²) in [5.74, 6) is 0.235. The first-order chi connectivity index (χ1) is 14.0. The molecule has 2 aliphatic heterocycles. The number of nitrogens with zero attached hydrogens (tertiary/aromatic N) is 5. The molecule has 0 saturated carbocycles. The van der Waals surface area contributed by atoms with E-state index in [1.807, 2.05) is 12.1 Å². The van der Waals surface area contributed by atoms with Gasteiger partial charge in [-0.3, -0.25) is 9.59 Å². The molecule has 4 heterocycles. The van der Waals surface area contributed by atoms with E-state index in [1.54, 1.807) is 11.1 Å². The van der Waals surface area contributed by atoms with Crippen LogP contribution in [0.4, 0.5) is 17.3 Å². The van der Waals surface area contributed by atoms with E-state index in [0.29, 0.717) is 12.2 Å². The quantitative estimate of drug-likeness (QED) is 0.778. The molecule has 1 amide bonds. The van der Waals surface area contributed by atoms with Crippen molar-refractivity contribution < 1.29 is 19.4 Å². The summed E-state index contributed by atoms with van der Waals surface area (Å²) in [4.78, 5) is 39.9. The molecule has 4 rings (SSSR count). The third-order valence-electron chi connectivity index (χ3n) is 5.30. The average molecular weight is 398 g/mol. The van der Waals surface area contributed by atoms with Crippen molar-refractivity contribution in [1.82, 2.24) is 15.0 Å². The maximum absolute atomic E-state index is 13.0. The van der Waals surface area contributed by atoms with Gasteiger partial charge >= 0.3 is 5.97 Å². The van der Waals surface area contributed by atoms with Crippen molar-refractivity contribution in [2.45, 2.75) is 19.3 Å². The molecule has 0 atom stereocenters. The molecule has 2 aromatic rings. The minimum Gasteiger partial charge on any atom is -0.481 e. The number of hydrogen-bond donors (Lipinski definition) is 2. The Labute approximate surface area is 167 Å². The van der Waals surface area contributed by atoms with Gasteiger partial charge in [-0.2, -0.15) is 0 Å². The van der Waals surface area contributed by atoms with Crippen molar-refractivity contribution >= 4 is 29.2 Å². The van der Waals surface area contributed by atoms with Gasteiger partial charge < -0.3 is 25.4 Å². The number of nitrogen functional groups attached to an aromatic ring is 1. The second-order valence-electron chi connectivity index (χ2n) is 7.15. The van der Waals surface area contributed by atoms with E-state index in [4.69, 9.17) is 15.6 Å². The maximum Gasteiger partial charge on any atom is 0.303 e. The van der Waals surface area contributed by atoms with E-state index in [-0.39, 0.29) is 42.1 Å². The fraction of sp³-hybridized carbons (Fsp3) is 0.421. The molecule has 1 saturated heterocycles. The molecule has 2 aliphatic rings. The molecule has 0 radical (unpaired) electrons. The maximum atomic E-state index is 13.0. The fourth-order valence-electron chi connectivity index (χ4n) is 3.75. The monoisotopic (exact) mass is 398 g/mol. The van der Waals surface area contributed by atoms with Crippen LogP contribution in [-0.2, 0) is 4.79 Å².